The van der Waals surface area contributed by atoms with Crippen LogP contribution in [0.5, 0.6) is 0 Å². The number of likely N-dealkylation sites (tertiary alicyclic amines) is 1. The molecule has 0 saturated carbocycles. The lowest BCUT2D eigenvalue weighted by Crippen LogP contribution is -2.50. The summed E-state index contributed by atoms with van der Waals surface area (Å²) in [5, 5.41) is 9.59. The van der Waals surface area contributed by atoms with E-state index in [1.165, 1.54) is 0 Å². The highest BCUT2D eigenvalue weighted by molar-refractivity contribution is 5.68. The molecule has 0 aromatic carbocycles. The van der Waals surface area contributed by atoms with E-state index in [2.05, 4.69) is 11.9 Å². The van der Waals surface area contributed by atoms with Gasteiger partial charge >= 0.3 is 6.09 Å². The Bertz CT molecular complexity index is 292. The molecular formula is C14H28N2O3. The van der Waals surface area contributed by atoms with Crippen molar-refractivity contribution in [3.05, 3.63) is 0 Å². The van der Waals surface area contributed by atoms with Crippen LogP contribution >= 0.6 is 0 Å². The first-order valence-electron chi connectivity index (χ1n) is 7.05. The van der Waals surface area contributed by atoms with Crippen LogP contribution in [0, 0.1) is 0 Å². The number of aliphatic hydroxyl groups excluding tert-OH is 1. The first kappa shape index (κ1) is 16.2. The summed E-state index contributed by atoms with van der Waals surface area (Å²) >= 11 is 0. The molecule has 1 N–H and O–H groups in total. The zero-order valence-corrected chi connectivity index (χ0v) is 12.8. The number of hydrogen-bond acceptors (Lipinski definition) is 4. The fraction of sp³-hybridized carbons (Fsp3) is 0.929. The lowest BCUT2D eigenvalue weighted by Gasteiger charge is -2.38. The van der Waals surface area contributed by atoms with Crippen LogP contribution in [0.15, 0.2) is 0 Å². The van der Waals surface area contributed by atoms with E-state index in [1.54, 1.807) is 11.8 Å². The third-order valence-corrected chi connectivity index (χ3v) is 3.22. The van der Waals surface area contributed by atoms with Gasteiger partial charge in [-0.25, -0.2) is 4.79 Å². The Hall–Kier alpha value is -0.810. The normalized spacial score (nSPS) is 20.1. The van der Waals surface area contributed by atoms with E-state index in [4.69, 9.17) is 4.74 Å². The fourth-order valence-corrected chi connectivity index (χ4v) is 2.28. The number of amides is 1. The van der Waals surface area contributed by atoms with Crippen LogP contribution < -0.4 is 0 Å². The molecule has 1 heterocycles. The van der Waals surface area contributed by atoms with E-state index in [0.717, 1.165) is 25.9 Å². The molecule has 19 heavy (non-hydrogen) atoms. The number of hydrogen-bond donors (Lipinski definition) is 1. The molecule has 112 valence electrons. The smallest absolute Gasteiger partial charge is 0.410 e. The van der Waals surface area contributed by atoms with Crippen molar-refractivity contribution in [2.75, 3.05) is 26.7 Å². The van der Waals surface area contributed by atoms with Crippen molar-refractivity contribution in [3.8, 4) is 0 Å². The Morgan fingerprint density at radius 1 is 1.42 bits per heavy atom. The van der Waals surface area contributed by atoms with Crippen molar-refractivity contribution in [1.82, 2.24) is 9.80 Å². The number of ether oxygens (including phenoxy) is 1. The average Bonchev–Trinajstić information content (AvgIpc) is 2.24. The van der Waals surface area contributed by atoms with Crippen LogP contribution in [0.25, 0.3) is 0 Å². The van der Waals surface area contributed by atoms with Crippen LogP contribution in [-0.4, -0.2) is 65.4 Å². The predicted molar refractivity (Wildman–Crippen MR) is 75.1 cm³/mol. The van der Waals surface area contributed by atoms with Gasteiger partial charge < -0.3 is 19.6 Å². The van der Waals surface area contributed by atoms with E-state index in [-0.39, 0.29) is 12.1 Å². The molecule has 0 aromatic rings. The van der Waals surface area contributed by atoms with Gasteiger partial charge in [0.1, 0.15) is 5.60 Å². The van der Waals surface area contributed by atoms with Crippen LogP contribution in [0.2, 0.25) is 0 Å². The molecule has 1 saturated heterocycles. The molecule has 0 aromatic heterocycles. The first-order chi connectivity index (χ1) is 8.69. The lowest BCUT2D eigenvalue weighted by molar-refractivity contribution is -0.00178. The van der Waals surface area contributed by atoms with Crippen LogP contribution in [0.3, 0.4) is 0 Å². The number of carbonyl (C=O) groups excluding carboxylic acids is 1. The topological polar surface area (TPSA) is 53.0 Å². The Morgan fingerprint density at radius 2 is 1.95 bits per heavy atom. The van der Waals surface area contributed by atoms with Gasteiger partial charge in [0.2, 0.25) is 0 Å². The molecule has 1 atom stereocenters. The minimum absolute atomic E-state index is 0.167. The summed E-state index contributed by atoms with van der Waals surface area (Å²) < 4.78 is 5.44. The first-order valence-corrected chi connectivity index (χ1v) is 7.05. The molecule has 0 bridgehead atoms. The Morgan fingerprint density at radius 3 is 2.37 bits per heavy atom. The SMILES string of the molecule is CC(O)CN(C(=O)OC(C)(C)C)C1CCN(C)CC1. The van der Waals surface area contributed by atoms with Crippen LogP contribution in [0.4, 0.5) is 4.79 Å². The van der Waals surface area contributed by atoms with Crippen molar-refractivity contribution in [2.24, 2.45) is 0 Å². The summed E-state index contributed by atoms with van der Waals surface area (Å²) in [6.45, 7) is 9.57. The van der Waals surface area contributed by atoms with Crippen LogP contribution in [0.1, 0.15) is 40.5 Å². The molecule has 0 aliphatic carbocycles. The second-order valence-corrected chi connectivity index (χ2v) is 6.52. The largest absolute Gasteiger partial charge is 0.444 e. The number of rotatable bonds is 3. The number of piperidine rings is 1. The maximum atomic E-state index is 12.3. The quantitative estimate of drug-likeness (QED) is 0.849. The molecule has 1 aliphatic heterocycles. The summed E-state index contributed by atoms with van der Waals surface area (Å²) in [5.74, 6) is 0. The van der Waals surface area contributed by atoms with Gasteiger partial charge in [0.25, 0.3) is 0 Å². The highest BCUT2D eigenvalue weighted by Gasteiger charge is 2.30. The predicted octanol–water partition coefficient (Wildman–Crippen LogP) is 1.70. The molecule has 0 spiro atoms. The monoisotopic (exact) mass is 272 g/mol. The Labute approximate surface area is 116 Å². The Kier molecular flexibility index (Phi) is 5.62. The maximum Gasteiger partial charge on any atom is 0.410 e. The van der Waals surface area contributed by atoms with Gasteiger partial charge in [0, 0.05) is 12.6 Å². The van der Waals surface area contributed by atoms with Gasteiger partial charge in [-0.1, -0.05) is 0 Å². The highest BCUT2D eigenvalue weighted by atomic mass is 16.6. The average molecular weight is 272 g/mol. The summed E-state index contributed by atoms with van der Waals surface area (Å²) in [7, 11) is 2.09. The third-order valence-electron chi connectivity index (χ3n) is 3.22. The standard InChI is InChI=1S/C14H28N2O3/c1-11(17)10-16(13(18)19-14(2,3)4)12-6-8-15(5)9-7-12/h11-12,17H,6-10H2,1-5H3. The van der Waals surface area contributed by atoms with E-state index in [1.807, 2.05) is 20.8 Å². The van der Waals surface area contributed by atoms with Crippen molar-refractivity contribution in [3.63, 3.8) is 0 Å². The molecule has 0 radical (unpaired) electrons. The van der Waals surface area contributed by atoms with Gasteiger partial charge in [-0.2, -0.15) is 0 Å². The molecular weight excluding hydrogens is 244 g/mol. The second kappa shape index (κ2) is 6.57. The second-order valence-electron chi connectivity index (χ2n) is 6.52. The van der Waals surface area contributed by atoms with E-state index >= 15 is 0 Å². The Balaban J connectivity index is 2.68. The van der Waals surface area contributed by atoms with E-state index < -0.39 is 11.7 Å². The minimum Gasteiger partial charge on any atom is -0.444 e. The summed E-state index contributed by atoms with van der Waals surface area (Å²) in [5.41, 5.74) is -0.501. The van der Waals surface area contributed by atoms with Gasteiger partial charge in [-0.3, -0.25) is 0 Å². The highest BCUT2D eigenvalue weighted by Crippen LogP contribution is 2.19. The van der Waals surface area contributed by atoms with Crippen molar-refractivity contribution >= 4 is 6.09 Å². The fourth-order valence-electron chi connectivity index (χ4n) is 2.28. The number of nitrogens with zero attached hydrogens (tertiary/aromatic N) is 2. The van der Waals surface area contributed by atoms with Crippen molar-refractivity contribution in [1.29, 1.82) is 0 Å². The summed E-state index contributed by atoms with van der Waals surface area (Å²) in [6.07, 6.45) is 1.01. The van der Waals surface area contributed by atoms with Crippen molar-refractivity contribution in [2.45, 2.75) is 58.3 Å². The molecule has 1 aliphatic rings. The number of aliphatic hydroxyl groups is 1. The van der Waals surface area contributed by atoms with Gasteiger partial charge in [0.05, 0.1) is 6.10 Å². The summed E-state index contributed by atoms with van der Waals surface area (Å²) in [4.78, 5) is 16.2. The lowest BCUT2D eigenvalue weighted by atomic mass is 10.0. The third kappa shape index (κ3) is 5.78. The summed E-state index contributed by atoms with van der Waals surface area (Å²) in [6, 6.07) is 0.167. The molecule has 1 fully saturated rings. The molecule has 1 amide bonds. The van der Waals surface area contributed by atoms with Crippen LogP contribution in [-0.2, 0) is 4.74 Å². The molecule has 5 heteroatoms. The number of carbonyl (C=O) groups is 1. The van der Waals surface area contributed by atoms with E-state index in [0.29, 0.717) is 6.54 Å². The zero-order chi connectivity index (χ0) is 14.6. The minimum atomic E-state index is -0.535. The molecule has 1 rings (SSSR count). The maximum absolute atomic E-state index is 12.3. The molecule has 5 nitrogen and oxygen atoms in total. The molecule has 1 unspecified atom stereocenters. The zero-order valence-electron chi connectivity index (χ0n) is 12.8. The van der Waals surface area contributed by atoms with Gasteiger partial charge in [-0.05, 0) is 60.7 Å². The van der Waals surface area contributed by atoms with Gasteiger partial charge in [-0.15, -0.1) is 0 Å². The van der Waals surface area contributed by atoms with Gasteiger partial charge in [0.15, 0.2) is 0 Å². The van der Waals surface area contributed by atoms with Crippen molar-refractivity contribution < 1.29 is 14.6 Å². The van der Waals surface area contributed by atoms with E-state index in [9.17, 15) is 9.90 Å².